The zero-order valence-electron chi connectivity index (χ0n) is 14.6. The number of hydrogen-bond donors (Lipinski definition) is 0. The Morgan fingerprint density at radius 3 is 2.26 bits per heavy atom. The van der Waals surface area contributed by atoms with Crippen LogP contribution in [0.3, 0.4) is 0 Å². The Kier molecular flexibility index (Phi) is 5.52. The topological polar surface area (TPSA) is 94.8 Å². The first kappa shape index (κ1) is 19.7. The molecule has 27 heavy (non-hydrogen) atoms. The third-order valence-corrected chi connectivity index (χ3v) is 6.43. The summed E-state index contributed by atoms with van der Waals surface area (Å²) in [4.78, 5) is 4.80. The van der Waals surface area contributed by atoms with E-state index in [0.29, 0.717) is 5.52 Å². The fraction of sp³-hybridized carbons (Fsp3) is 0.235. The van der Waals surface area contributed by atoms with E-state index in [2.05, 4.69) is 4.99 Å². The number of fused-ring (bicyclic) bond motifs is 1. The molecule has 0 bridgehead atoms. The predicted octanol–water partition coefficient (Wildman–Crippen LogP) is 2.13. The third-order valence-electron chi connectivity index (χ3n) is 3.68. The Labute approximate surface area is 161 Å². The number of hydrogen-bond acceptors (Lipinski definition) is 7. The van der Waals surface area contributed by atoms with Crippen molar-refractivity contribution < 1.29 is 21.0 Å². The maximum absolute atomic E-state index is 12.3. The Morgan fingerprint density at radius 2 is 1.63 bits per heavy atom. The first-order chi connectivity index (χ1) is 12.6. The van der Waals surface area contributed by atoms with E-state index in [4.69, 9.17) is 4.18 Å². The molecule has 0 spiro atoms. The Hall–Kier alpha value is -2.01. The standard InChI is InChI=1S/C17H18N2O5S3/c1-26(20,21)19-15-10-6-7-11-16(15)25-17(19)18-14(12-24-27(2,22)23)13-8-4-3-5-9-13/h3-11,14H,12H2,1-2H3/t14-/m0/s1. The molecule has 1 heterocycles. The zero-order valence-corrected chi connectivity index (χ0v) is 17.1. The Balaban J connectivity index is 2.21. The van der Waals surface area contributed by atoms with Crippen LogP contribution in [-0.2, 0) is 24.3 Å². The second-order valence-corrected chi connectivity index (χ2v) is 10.4. The highest BCUT2D eigenvalue weighted by molar-refractivity contribution is 7.89. The first-order valence-corrected chi connectivity index (χ1v) is 12.4. The molecule has 7 nitrogen and oxygen atoms in total. The molecule has 3 aromatic rings. The lowest BCUT2D eigenvalue weighted by molar-refractivity contribution is 0.295. The lowest BCUT2D eigenvalue weighted by Gasteiger charge is -2.12. The summed E-state index contributed by atoms with van der Waals surface area (Å²) >= 11 is 1.22. The number of para-hydroxylation sites is 1. The van der Waals surface area contributed by atoms with Crippen LogP contribution in [0.15, 0.2) is 59.6 Å². The first-order valence-electron chi connectivity index (χ1n) is 7.89. The average molecular weight is 427 g/mol. The van der Waals surface area contributed by atoms with Crippen LogP contribution in [0.1, 0.15) is 11.6 Å². The van der Waals surface area contributed by atoms with E-state index >= 15 is 0 Å². The summed E-state index contributed by atoms with van der Waals surface area (Å²) in [5, 5.41) is 0. The second kappa shape index (κ2) is 7.55. The van der Waals surface area contributed by atoms with Crippen LogP contribution in [0.25, 0.3) is 10.2 Å². The Morgan fingerprint density at radius 1 is 1.00 bits per heavy atom. The molecule has 2 aromatic carbocycles. The monoisotopic (exact) mass is 426 g/mol. The van der Waals surface area contributed by atoms with Crippen molar-refractivity contribution in [1.29, 1.82) is 0 Å². The zero-order chi connectivity index (χ0) is 19.7. The minimum absolute atomic E-state index is 0.221. The molecule has 1 aromatic heterocycles. The molecule has 10 heteroatoms. The van der Waals surface area contributed by atoms with E-state index in [9.17, 15) is 16.8 Å². The minimum Gasteiger partial charge on any atom is -0.268 e. The van der Waals surface area contributed by atoms with Gasteiger partial charge in [0.1, 0.15) is 6.04 Å². The van der Waals surface area contributed by atoms with Gasteiger partial charge in [-0.1, -0.05) is 53.8 Å². The fourth-order valence-corrected chi connectivity index (χ4v) is 5.33. The summed E-state index contributed by atoms with van der Waals surface area (Å²) in [5.74, 6) is 0. The minimum atomic E-state index is -3.66. The molecule has 0 saturated heterocycles. The van der Waals surface area contributed by atoms with Crippen LogP contribution >= 0.6 is 11.3 Å². The maximum atomic E-state index is 12.3. The van der Waals surface area contributed by atoms with Gasteiger partial charge in [-0.2, -0.15) is 8.42 Å². The van der Waals surface area contributed by atoms with Crippen molar-refractivity contribution in [3.63, 3.8) is 0 Å². The van der Waals surface area contributed by atoms with E-state index in [1.807, 2.05) is 18.2 Å². The molecule has 0 aliphatic carbocycles. The maximum Gasteiger partial charge on any atom is 0.264 e. The van der Waals surface area contributed by atoms with Crippen molar-refractivity contribution in [2.45, 2.75) is 6.04 Å². The molecule has 0 unspecified atom stereocenters. The highest BCUT2D eigenvalue weighted by atomic mass is 32.2. The number of thiazole rings is 1. The van der Waals surface area contributed by atoms with Gasteiger partial charge in [0.25, 0.3) is 10.1 Å². The molecule has 3 rings (SSSR count). The van der Waals surface area contributed by atoms with Crippen LogP contribution < -0.4 is 4.80 Å². The fourth-order valence-electron chi connectivity index (χ4n) is 2.56. The molecule has 0 N–H and O–H groups in total. The summed E-state index contributed by atoms with van der Waals surface area (Å²) in [7, 11) is -7.28. The van der Waals surface area contributed by atoms with Crippen LogP contribution in [0.2, 0.25) is 0 Å². The average Bonchev–Trinajstić information content (AvgIpc) is 2.96. The molecule has 0 radical (unpaired) electrons. The molecule has 0 aliphatic heterocycles. The summed E-state index contributed by atoms with van der Waals surface area (Å²) in [6.45, 7) is -0.221. The van der Waals surface area contributed by atoms with Gasteiger partial charge in [-0.3, -0.25) is 4.18 Å². The van der Waals surface area contributed by atoms with Gasteiger partial charge in [0.15, 0.2) is 0 Å². The quantitative estimate of drug-likeness (QED) is 0.563. The lowest BCUT2D eigenvalue weighted by Crippen LogP contribution is -2.24. The molecule has 0 aliphatic rings. The van der Waals surface area contributed by atoms with Crippen molar-refractivity contribution in [3.05, 3.63) is 65.0 Å². The lowest BCUT2D eigenvalue weighted by atomic mass is 10.1. The van der Waals surface area contributed by atoms with Gasteiger partial charge in [0.2, 0.25) is 14.8 Å². The largest absolute Gasteiger partial charge is 0.268 e. The van der Waals surface area contributed by atoms with Crippen molar-refractivity contribution in [2.24, 2.45) is 4.99 Å². The third kappa shape index (κ3) is 4.83. The van der Waals surface area contributed by atoms with Gasteiger partial charge < -0.3 is 0 Å². The normalized spacial score (nSPS) is 14.5. The van der Waals surface area contributed by atoms with Crippen LogP contribution in [-0.4, -0.2) is 39.9 Å². The molecular formula is C17H18N2O5S3. The second-order valence-electron chi connectivity index (χ2n) is 5.92. The molecule has 0 amide bonds. The molecule has 0 saturated carbocycles. The number of nitrogens with zero attached hydrogens (tertiary/aromatic N) is 2. The van der Waals surface area contributed by atoms with Crippen molar-refractivity contribution in [2.75, 3.05) is 19.1 Å². The SMILES string of the molecule is CS(=O)(=O)OC[C@H](N=c1sc2ccccc2n1S(C)(=O)=O)c1ccccc1. The van der Waals surface area contributed by atoms with Crippen LogP contribution in [0, 0.1) is 0 Å². The molecule has 0 fully saturated rings. The van der Waals surface area contributed by atoms with Crippen molar-refractivity contribution in [3.8, 4) is 0 Å². The highest BCUT2D eigenvalue weighted by Gasteiger charge is 2.18. The summed E-state index contributed by atoms with van der Waals surface area (Å²) in [5.41, 5.74) is 1.25. The number of benzene rings is 2. The Bertz CT molecular complexity index is 1230. The van der Waals surface area contributed by atoms with E-state index in [1.54, 1.807) is 36.4 Å². The van der Waals surface area contributed by atoms with Crippen LogP contribution in [0.4, 0.5) is 0 Å². The molecular weight excluding hydrogens is 408 g/mol. The summed E-state index contributed by atoms with van der Waals surface area (Å²) < 4.78 is 54.4. The predicted molar refractivity (Wildman–Crippen MR) is 106 cm³/mol. The van der Waals surface area contributed by atoms with Gasteiger partial charge in [-0.15, -0.1) is 0 Å². The van der Waals surface area contributed by atoms with Crippen LogP contribution in [0.5, 0.6) is 0 Å². The van der Waals surface area contributed by atoms with Crippen molar-refractivity contribution in [1.82, 2.24) is 3.97 Å². The summed E-state index contributed by atoms with van der Waals surface area (Å²) in [6.07, 6.45) is 2.07. The van der Waals surface area contributed by atoms with E-state index < -0.39 is 26.2 Å². The molecule has 144 valence electrons. The number of aromatic nitrogens is 1. The number of rotatable bonds is 6. The summed E-state index contributed by atoms with van der Waals surface area (Å²) in [6, 6.07) is 15.4. The van der Waals surface area contributed by atoms with Gasteiger partial charge >= 0.3 is 0 Å². The van der Waals surface area contributed by atoms with Gasteiger partial charge in [0.05, 0.1) is 29.3 Å². The smallest absolute Gasteiger partial charge is 0.264 e. The van der Waals surface area contributed by atoms with E-state index in [0.717, 1.165) is 22.8 Å². The van der Waals surface area contributed by atoms with Gasteiger partial charge in [-0.05, 0) is 17.7 Å². The van der Waals surface area contributed by atoms with Gasteiger partial charge in [0, 0.05) is 0 Å². The van der Waals surface area contributed by atoms with E-state index in [1.165, 1.54) is 15.3 Å². The van der Waals surface area contributed by atoms with Crippen molar-refractivity contribution >= 4 is 41.7 Å². The molecule has 1 atom stereocenters. The van der Waals surface area contributed by atoms with E-state index in [-0.39, 0.29) is 11.4 Å². The van der Waals surface area contributed by atoms with Gasteiger partial charge in [-0.25, -0.2) is 17.4 Å². The highest BCUT2D eigenvalue weighted by Crippen LogP contribution is 2.21.